The smallest absolute Gasteiger partial charge is 0.410 e. The van der Waals surface area contributed by atoms with Gasteiger partial charge in [-0.25, -0.2) is 19.7 Å². The standard InChI is InChI=1S/C26H34N6O3/c1-26(2,3)35-25(34)32(5)15-7-14-31(4)23-11-10-20(17-28-23)22-12-13-27-24(30-22)29-21-9-6-8-19(16-21)18-33/h6,8-13,16-17,33H,7,14-15,18H2,1-5H3,(H,27,29,30). The first kappa shape index (κ1) is 25.9. The molecule has 35 heavy (non-hydrogen) atoms. The fourth-order valence-corrected chi connectivity index (χ4v) is 3.31. The monoisotopic (exact) mass is 478 g/mol. The second kappa shape index (κ2) is 11.6. The van der Waals surface area contributed by atoms with Gasteiger partial charge in [0.05, 0.1) is 12.3 Å². The van der Waals surface area contributed by atoms with Gasteiger partial charge in [-0.05, 0) is 63.1 Å². The number of pyridine rings is 1. The van der Waals surface area contributed by atoms with Gasteiger partial charge in [-0.15, -0.1) is 0 Å². The van der Waals surface area contributed by atoms with Gasteiger partial charge in [0.15, 0.2) is 0 Å². The van der Waals surface area contributed by atoms with Gasteiger partial charge in [0.2, 0.25) is 5.95 Å². The summed E-state index contributed by atoms with van der Waals surface area (Å²) in [5, 5.41) is 12.5. The Kier molecular flexibility index (Phi) is 8.59. The van der Waals surface area contributed by atoms with Crippen LogP contribution in [0.2, 0.25) is 0 Å². The second-order valence-corrected chi connectivity index (χ2v) is 9.33. The Labute approximate surface area is 206 Å². The number of rotatable bonds is 9. The summed E-state index contributed by atoms with van der Waals surface area (Å²) in [4.78, 5) is 29.2. The summed E-state index contributed by atoms with van der Waals surface area (Å²) in [6.07, 6.45) is 3.95. The Morgan fingerprint density at radius 2 is 1.89 bits per heavy atom. The molecular weight excluding hydrogens is 444 g/mol. The van der Waals surface area contributed by atoms with Crippen LogP contribution in [0, 0.1) is 0 Å². The van der Waals surface area contributed by atoms with Gasteiger partial charge in [0.25, 0.3) is 0 Å². The van der Waals surface area contributed by atoms with Gasteiger partial charge in [-0.1, -0.05) is 12.1 Å². The lowest BCUT2D eigenvalue weighted by atomic mass is 10.2. The number of aliphatic hydroxyl groups excluding tert-OH is 1. The van der Waals surface area contributed by atoms with Gasteiger partial charge in [0, 0.05) is 50.8 Å². The molecule has 0 fully saturated rings. The molecule has 3 rings (SSSR count). The van der Waals surface area contributed by atoms with Crippen molar-refractivity contribution < 1.29 is 14.6 Å². The molecule has 0 atom stereocenters. The van der Waals surface area contributed by atoms with Crippen LogP contribution in [-0.2, 0) is 11.3 Å². The van der Waals surface area contributed by atoms with Crippen LogP contribution in [0.1, 0.15) is 32.8 Å². The zero-order valence-corrected chi connectivity index (χ0v) is 21.0. The maximum atomic E-state index is 12.1. The molecule has 2 N–H and O–H groups in total. The van der Waals surface area contributed by atoms with E-state index in [1.807, 2.05) is 75.2 Å². The van der Waals surface area contributed by atoms with Crippen molar-refractivity contribution in [3.63, 3.8) is 0 Å². The molecular formula is C26H34N6O3. The molecule has 1 aromatic carbocycles. The van der Waals surface area contributed by atoms with Crippen molar-refractivity contribution >= 4 is 23.5 Å². The number of aromatic nitrogens is 3. The van der Waals surface area contributed by atoms with Crippen LogP contribution in [0.4, 0.5) is 22.2 Å². The van der Waals surface area contributed by atoms with Crippen molar-refractivity contribution in [2.24, 2.45) is 0 Å². The van der Waals surface area contributed by atoms with Crippen LogP contribution in [0.15, 0.2) is 54.9 Å². The van der Waals surface area contributed by atoms with Crippen molar-refractivity contribution in [1.29, 1.82) is 0 Å². The average molecular weight is 479 g/mol. The predicted molar refractivity (Wildman–Crippen MR) is 138 cm³/mol. The summed E-state index contributed by atoms with van der Waals surface area (Å²) in [5.74, 6) is 1.30. The highest BCUT2D eigenvalue weighted by molar-refractivity contribution is 5.67. The molecule has 2 heterocycles. The number of benzene rings is 1. The van der Waals surface area contributed by atoms with E-state index in [9.17, 15) is 9.90 Å². The Morgan fingerprint density at radius 1 is 1.09 bits per heavy atom. The maximum Gasteiger partial charge on any atom is 0.410 e. The molecule has 9 nitrogen and oxygen atoms in total. The zero-order valence-electron chi connectivity index (χ0n) is 21.0. The number of hydrogen-bond acceptors (Lipinski definition) is 8. The third kappa shape index (κ3) is 7.92. The highest BCUT2D eigenvalue weighted by Gasteiger charge is 2.19. The van der Waals surface area contributed by atoms with E-state index in [1.54, 1.807) is 24.3 Å². The number of anilines is 3. The number of hydrogen-bond donors (Lipinski definition) is 2. The highest BCUT2D eigenvalue weighted by atomic mass is 16.6. The van der Waals surface area contributed by atoms with Gasteiger partial charge >= 0.3 is 6.09 Å². The molecule has 3 aromatic rings. The molecule has 0 saturated heterocycles. The summed E-state index contributed by atoms with van der Waals surface area (Å²) in [6.45, 7) is 6.89. The van der Waals surface area contributed by atoms with E-state index in [2.05, 4.69) is 20.3 Å². The van der Waals surface area contributed by atoms with Gasteiger partial charge in [-0.2, -0.15) is 0 Å². The summed E-state index contributed by atoms with van der Waals surface area (Å²) < 4.78 is 5.38. The third-order valence-corrected chi connectivity index (χ3v) is 5.15. The number of aliphatic hydroxyl groups is 1. The van der Waals surface area contributed by atoms with Crippen LogP contribution in [0.3, 0.4) is 0 Å². The predicted octanol–water partition coefficient (Wildman–Crippen LogP) is 4.47. The number of amides is 1. The molecule has 2 aromatic heterocycles. The number of nitrogens with zero attached hydrogens (tertiary/aromatic N) is 5. The molecule has 1 amide bonds. The molecule has 0 spiro atoms. The minimum atomic E-state index is -0.501. The van der Waals surface area contributed by atoms with Gasteiger partial charge < -0.3 is 25.0 Å². The molecule has 9 heteroatoms. The van der Waals surface area contributed by atoms with Crippen LogP contribution in [-0.4, -0.2) is 63.8 Å². The zero-order chi connectivity index (χ0) is 25.4. The molecule has 0 bridgehead atoms. The lowest BCUT2D eigenvalue weighted by Crippen LogP contribution is -2.35. The number of carbonyl (C=O) groups excluding carboxylic acids is 1. The van der Waals surface area contributed by atoms with E-state index in [0.717, 1.165) is 41.3 Å². The van der Waals surface area contributed by atoms with E-state index in [0.29, 0.717) is 12.5 Å². The van der Waals surface area contributed by atoms with Crippen LogP contribution in [0.5, 0.6) is 0 Å². The molecule has 0 aliphatic heterocycles. The number of nitrogens with one attached hydrogen (secondary N) is 1. The maximum absolute atomic E-state index is 12.1. The summed E-state index contributed by atoms with van der Waals surface area (Å²) in [6, 6.07) is 13.2. The molecule has 0 radical (unpaired) electrons. The summed E-state index contributed by atoms with van der Waals surface area (Å²) >= 11 is 0. The summed E-state index contributed by atoms with van der Waals surface area (Å²) in [7, 11) is 3.72. The third-order valence-electron chi connectivity index (χ3n) is 5.15. The SMILES string of the molecule is CN(CCCN(C)c1ccc(-c2ccnc(Nc3cccc(CO)c3)n2)cn1)C(=O)OC(C)(C)C. The number of carbonyl (C=O) groups is 1. The average Bonchev–Trinajstić information content (AvgIpc) is 2.83. The lowest BCUT2D eigenvalue weighted by Gasteiger charge is -2.25. The Hall–Kier alpha value is -3.72. The van der Waals surface area contributed by atoms with E-state index in [4.69, 9.17) is 4.74 Å². The van der Waals surface area contributed by atoms with Crippen LogP contribution in [0.25, 0.3) is 11.3 Å². The fourth-order valence-electron chi connectivity index (χ4n) is 3.31. The number of ether oxygens (including phenoxy) is 1. The van der Waals surface area contributed by atoms with Gasteiger partial charge in [0.1, 0.15) is 11.4 Å². The van der Waals surface area contributed by atoms with E-state index in [-0.39, 0.29) is 12.7 Å². The van der Waals surface area contributed by atoms with E-state index >= 15 is 0 Å². The van der Waals surface area contributed by atoms with Crippen LogP contribution >= 0.6 is 0 Å². The molecule has 0 aliphatic rings. The quantitative estimate of drug-likeness (QED) is 0.464. The van der Waals surface area contributed by atoms with Crippen molar-refractivity contribution in [1.82, 2.24) is 19.9 Å². The van der Waals surface area contributed by atoms with Crippen LogP contribution < -0.4 is 10.2 Å². The Bertz CT molecular complexity index is 1110. The first-order valence-electron chi connectivity index (χ1n) is 11.6. The van der Waals surface area contributed by atoms with Crippen molar-refractivity contribution in [2.45, 2.75) is 39.4 Å². The largest absolute Gasteiger partial charge is 0.444 e. The minimum absolute atomic E-state index is 0.0245. The highest BCUT2D eigenvalue weighted by Crippen LogP contribution is 2.21. The molecule has 0 unspecified atom stereocenters. The normalized spacial score (nSPS) is 11.1. The fraction of sp³-hybridized carbons (Fsp3) is 0.385. The Morgan fingerprint density at radius 3 is 2.57 bits per heavy atom. The van der Waals surface area contributed by atoms with Gasteiger partial charge in [-0.3, -0.25) is 0 Å². The molecule has 0 aliphatic carbocycles. The Balaban J connectivity index is 1.56. The lowest BCUT2D eigenvalue weighted by molar-refractivity contribution is 0.0298. The van der Waals surface area contributed by atoms with Crippen molar-refractivity contribution in [3.8, 4) is 11.3 Å². The molecule has 186 valence electrons. The molecule has 0 saturated carbocycles. The van der Waals surface area contributed by atoms with E-state index < -0.39 is 5.60 Å². The van der Waals surface area contributed by atoms with Crippen molar-refractivity contribution in [3.05, 3.63) is 60.4 Å². The minimum Gasteiger partial charge on any atom is -0.444 e. The first-order chi connectivity index (χ1) is 16.6. The summed E-state index contributed by atoms with van der Waals surface area (Å²) in [5.41, 5.74) is 2.75. The topological polar surface area (TPSA) is 104 Å². The first-order valence-corrected chi connectivity index (χ1v) is 11.6. The van der Waals surface area contributed by atoms with Crippen molar-refractivity contribution in [2.75, 3.05) is 37.4 Å². The van der Waals surface area contributed by atoms with E-state index in [1.165, 1.54) is 0 Å². The second-order valence-electron chi connectivity index (χ2n) is 9.33.